The zero-order valence-corrected chi connectivity index (χ0v) is 38.7. The average Bonchev–Trinajstić information content (AvgIpc) is 3.93. The lowest BCUT2D eigenvalue weighted by Crippen LogP contribution is -2.52. The third-order valence-electron chi connectivity index (χ3n) is 15.7. The van der Waals surface area contributed by atoms with Crippen LogP contribution in [0.15, 0.2) is 79.1 Å². The number of rotatable bonds is 9. The second-order valence-electron chi connectivity index (χ2n) is 19.8. The molecule has 2 atom stereocenters. The summed E-state index contributed by atoms with van der Waals surface area (Å²) in [6.07, 6.45) is 10.6. The number of hydrogen-bond donors (Lipinski definition) is 2. The van der Waals surface area contributed by atoms with Gasteiger partial charge in [0.1, 0.15) is 35.4 Å². The molecule has 0 bridgehead atoms. The van der Waals surface area contributed by atoms with Gasteiger partial charge in [-0.05, 0) is 142 Å². The number of imide groups is 1. The fraction of sp³-hybridized carbons (Fsp3) is 0.481. The van der Waals surface area contributed by atoms with E-state index in [0.29, 0.717) is 42.1 Å². The van der Waals surface area contributed by atoms with Crippen LogP contribution in [0.3, 0.4) is 0 Å². The summed E-state index contributed by atoms with van der Waals surface area (Å²) in [6, 6.07) is 23.5. The number of nitrogens with two attached hydrogens (primary N) is 1. The second kappa shape index (κ2) is 18.9. The third kappa shape index (κ3) is 8.85. The van der Waals surface area contributed by atoms with Crippen LogP contribution >= 0.6 is 0 Å². The van der Waals surface area contributed by atoms with E-state index in [4.69, 9.17) is 20.6 Å². The first-order chi connectivity index (χ1) is 33.2. The summed E-state index contributed by atoms with van der Waals surface area (Å²) >= 11 is 0. The molecule has 16 heteroatoms. The van der Waals surface area contributed by atoms with Gasteiger partial charge in [-0.2, -0.15) is 5.10 Å². The monoisotopic (exact) mass is 919 g/mol. The van der Waals surface area contributed by atoms with E-state index < -0.39 is 6.04 Å². The summed E-state index contributed by atoms with van der Waals surface area (Å²) < 4.78 is 8.12. The maximum atomic E-state index is 13.8. The molecule has 5 amide bonds. The van der Waals surface area contributed by atoms with Crippen LogP contribution < -0.4 is 20.7 Å². The first kappa shape index (κ1) is 44.0. The Hall–Kier alpha value is -6.55. The van der Waals surface area contributed by atoms with E-state index in [1.54, 1.807) is 4.90 Å². The fourth-order valence-electron chi connectivity index (χ4n) is 12.0. The predicted octanol–water partition coefficient (Wildman–Crippen LogP) is 6.73. The molecule has 3 N–H and O–H groups in total. The number of benzene rings is 3. The molecule has 6 aliphatic heterocycles. The summed E-state index contributed by atoms with van der Waals surface area (Å²) in [4.78, 5) is 71.2. The number of likely N-dealkylation sites (tertiary alicyclic amines) is 3. The number of nitrogens with zero attached hydrogens (tertiary/aromatic N) is 9. The molecule has 5 saturated heterocycles. The van der Waals surface area contributed by atoms with Crippen LogP contribution in [0.4, 0.5) is 16.3 Å². The van der Waals surface area contributed by atoms with Crippen LogP contribution in [0.25, 0.3) is 22.3 Å². The van der Waals surface area contributed by atoms with Gasteiger partial charge in [0.15, 0.2) is 5.65 Å². The number of aromatic nitrogens is 4. The molecule has 0 aliphatic carbocycles. The van der Waals surface area contributed by atoms with Gasteiger partial charge in [-0.15, -0.1) is 0 Å². The SMILES string of the molecule is Nc1ncnc2c1c(-c1ccc(Oc3ccccc3)cc1)nn2C1CCCN(CC2CCN(C(=O)N3CCC(C4CCN(c5ccc6c(c5)CN(C5CCC(=O)NC5=O)C6=O)CC4)CC3)CC2)C1. The van der Waals surface area contributed by atoms with E-state index in [9.17, 15) is 19.2 Å². The van der Waals surface area contributed by atoms with Gasteiger partial charge in [-0.1, -0.05) is 18.2 Å². The summed E-state index contributed by atoms with van der Waals surface area (Å²) in [7, 11) is 0. The van der Waals surface area contributed by atoms with Gasteiger partial charge >= 0.3 is 6.03 Å². The summed E-state index contributed by atoms with van der Waals surface area (Å²) in [6.45, 7) is 8.56. The van der Waals surface area contributed by atoms with Crippen LogP contribution in [-0.2, 0) is 16.1 Å². The van der Waals surface area contributed by atoms with Gasteiger partial charge < -0.3 is 35.0 Å². The number of nitrogens with one attached hydrogen (secondary N) is 1. The largest absolute Gasteiger partial charge is 0.457 e. The Morgan fingerprint density at radius 2 is 1.47 bits per heavy atom. The molecule has 6 aliphatic rings. The number of carbonyl (C=O) groups excluding carboxylic acids is 4. The second-order valence-corrected chi connectivity index (χ2v) is 19.8. The highest BCUT2D eigenvalue weighted by Gasteiger charge is 2.40. The van der Waals surface area contributed by atoms with E-state index in [-0.39, 0.29) is 36.2 Å². The topological polar surface area (TPSA) is 175 Å². The van der Waals surface area contributed by atoms with Crippen molar-refractivity contribution in [3.63, 3.8) is 0 Å². The lowest BCUT2D eigenvalue weighted by atomic mass is 9.78. The fourth-order valence-corrected chi connectivity index (χ4v) is 12.0. The van der Waals surface area contributed by atoms with Crippen LogP contribution in [0.5, 0.6) is 11.5 Å². The lowest BCUT2D eigenvalue weighted by molar-refractivity contribution is -0.136. The molecule has 5 fully saturated rings. The molecule has 68 heavy (non-hydrogen) atoms. The molecule has 354 valence electrons. The minimum atomic E-state index is -0.603. The number of hydrogen-bond acceptors (Lipinski definition) is 11. The minimum Gasteiger partial charge on any atom is -0.457 e. The van der Waals surface area contributed by atoms with E-state index in [0.717, 1.165) is 155 Å². The first-order valence-electron chi connectivity index (χ1n) is 24.8. The van der Waals surface area contributed by atoms with Gasteiger partial charge in [0.05, 0.1) is 11.4 Å². The molecule has 0 spiro atoms. The number of amides is 5. The zero-order valence-electron chi connectivity index (χ0n) is 38.7. The number of urea groups is 1. The van der Waals surface area contributed by atoms with Crippen molar-refractivity contribution in [2.45, 2.75) is 82.8 Å². The molecule has 8 heterocycles. The third-order valence-corrected chi connectivity index (χ3v) is 15.7. The number of carbonyl (C=O) groups is 4. The standard InChI is InChI=1S/C52H61N11O5/c53-48-46-47(37-8-11-42(12-9-37)68-41-6-2-1-3-7-41)57-63(49(46)55-33-54-48)40-5-4-22-58(32-40)30-34-16-23-60(24-17-34)52(67)61-27-20-36(21-28-61)35-18-25-59(26-19-35)39-10-13-43-38(29-39)31-62(51(43)66)44-14-15-45(64)56-50(44)65/h1-3,6-13,29,33-36,40,44H,4-5,14-28,30-32H2,(H2,53,54,55)(H,56,64,65). The Morgan fingerprint density at radius 3 is 2.21 bits per heavy atom. The highest BCUT2D eigenvalue weighted by atomic mass is 16.5. The van der Waals surface area contributed by atoms with Gasteiger partial charge in [-0.3, -0.25) is 19.7 Å². The Morgan fingerprint density at radius 1 is 0.765 bits per heavy atom. The minimum absolute atomic E-state index is 0.134. The Balaban J connectivity index is 0.634. The normalized spacial score (nSPS) is 22.5. The van der Waals surface area contributed by atoms with Crippen molar-refractivity contribution < 1.29 is 23.9 Å². The molecular weight excluding hydrogens is 859 g/mol. The number of para-hydroxylation sites is 1. The Bertz CT molecular complexity index is 2670. The maximum absolute atomic E-state index is 13.8. The smallest absolute Gasteiger partial charge is 0.319 e. The molecule has 11 rings (SSSR count). The number of fused-ring (bicyclic) bond motifs is 2. The molecule has 0 saturated carbocycles. The van der Waals surface area contributed by atoms with Crippen molar-refractivity contribution in [3.05, 3.63) is 90.3 Å². The van der Waals surface area contributed by atoms with Crippen LogP contribution in [0.1, 0.15) is 86.2 Å². The quantitative estimate of drug-likeness (QED) is 0.150. The van der Waals surface area contributed by atoms with Gasteiger partial charge in [-0.25, -0.2) is 19.4 Å². The van der Waals surface area contributed by atoms with Crippen LogP contribution in [0, 0.1) is 17.8 Å². The molecule has 16 nitrogen and oxygen atoms in total. The van der Waals surface area contributed by atoms with Crippen molar-refractivity contribution in [2.75, 3.05) is 69.5 Å². The maximum Gasteiger partial charge on any atom is 0.319 e. The number of anilines is 2. The van der Waals surface area contributed by atoms with E-state index in [2.05, 4.69) is 40.6 Å². The molecule has 2 unspecified atom stereocenters. The summed E-state index contributed by atoms with van der Waals surface area (Å²) in [5.41, 5.74) is 11.7. The van der Waals surface area contributed by atoms with Gasteiger partial charge in [0.25, 0.3) is 5.91 Å². The summed E-state index contributed by atoms with van der Waals surface area (Å²) in [5.74, 6) is 2.98. The van der Waals surface area contributed by atoms with Gasteiger partial charge in [0.2, 0.25) is 11.8 Å². The number of ether oxygens (including phenoxy) is 1. The number of nitrogen functional groups attached to an aromatic ring is 1. The molecule has 2 aromatic heterocycles. The Kier molecular flexibility index (Phi) is 12.2. The van der Waals surface area contributed by atoms with Crippen LogP contribution in [-0.4, -0.2) is 128 Å². The van der Waals surface area contributed by atoms with E-state index in [1.165, 1.54) is 6.33 Å². The first-order valence-corrected chi connectivity index (χ1v) is 24.8. The van der Waals surface area contributed by atoms with Crippen molar-refractivity contribution in [1.82, 2.24) is 44.7 Å². The highest BCUT2D eigenvalue weighted by Crippen LogP contribution is 2.38. The predicted molar refractivity (Wildman–Crippen MR) is 258 cm³/mol. The molecule has 5 aromatic rings. The van der Waals surface area contributed by atoms with E-state index >= 15 is 0 Å². The number of piperidine rings is 5. The van der Waals surface area contributed by atoms with Crippen LogP contribution in [0.2, 0.25) is 0 Å². The molecule has 3 aromatic carbocycles. The average molecular weight is 920 g/mol. The molecular formula is C52H61N11O5. The van der Waals surface area contributed by atoms with Crippen molar-refractivity contribution >= 4 is 46.3 Å². The summed E-state index contributed by atoms with van der Waals surface area (Å²) in [5, 5.41) is 8.34. The lowest BCUT2D eigenvalue weighted by Gasteiger charge is -2.43. The van der Waals surface area contributed by atoms with E-state index in [1.807, 2.05) is 66.7 Å². The van der Waals surface area contributed by atoms with Crippen molar-refractivity contribution in [1.29, 1.82) is 0 Å². The molecule has 0 radical (unpaired) electrons. The van der Waals surface area contributed by atoms with Crippen molar-refractivity contribution in [3.8, 4) is 22.8 Å². The van der Waals surface area contributed by atoms with Gasteiger partial charge in [0, 0.05) is 82.1 Å². The van der Waals surface area contributed by atoms with Crippen molar-refractivity contribution in [2.24, 2.45) is 17.8 Å². The zero-order chi connectivity index (χ0) is 46.3. The Labute approximate surface area is 396 Å². The highest BCUT2D eigenvalue weighted by molar-refractivity contribution is 6.05.